The minimum Gasteiger partial charge on any atom is -0.483 e. The maximum Gasteiger partial charge on any atom is 0.222 e. The Kier molecular flexibility index (Phi) is 5.38. The third-order valence-electron chi connectivity index (χ3n) is 4.81. The summed E-state index contributed by atoms with van der Waals surface area (Å²) >= 11 is 0. The van der Waals surface area contributed by atoms with Gasteiger partial charge in [-0.2, -0.15) is 4.98 Å². The molecule has 2 aromatic rings. The fraction of sp³-hybridized carbons (Fsp3) is 0.474. The summed E-state index contributed by atoms with van der Waals surface area (Å²) in [5.74, 6) is 1.65. The molecule has 1 aromatic heterocycles. The number of nitrogens with two attached hydrogens (primary N) is 1. The summed E-state index contributed by atoms with van der Waals surface area (Å²) in [6, 6.07) is 9.95. The highest BCUT2D eigenvalue weighted by Crippen LogP contribution is 2.50. The molecule has 0 aliphatic heterocycles. The van der Waals surface area contributed by atoms with Crippen molar-refractivity contribution in [3.8, 4) is 5.75 Å². The molecule has 6 heteroatoms. The van der Waals surface area contributed by atoms with E-state index in [9.17, 15) is 5.11 Å². The van der Waals surface area contributed by atoms with Gasteiger partial charge in [0, 0.05) is 18.1 Å². The van der Waals surface area contributed by atoms with E-state index in [-0.39, 0.29) is 24.0 Å². The first kappa shape index (κ1) is 17.5. The number of benzene rings is 1. The highest BCUT2D eigenvalue weighted by Gasteiger charge is 2.53. The van der Waals surface area contributed by atoms with Crippen molar-refractivity contribution < 1.29 is 9.84 Å². The lowest BCUT2D eigenvalue weighted by molar-refractivity contribution is 0.263. The van der Waals surface area contributed by atoms with Crippen LogP contribution in [0.25, 0.3) is 0 Å². The number of aliphatic hydroxyl groups is 1. The van der Waals surface area contributed by atoms with Gasteiger partial charge >= 0.3 is 0 Å². The van der Waals surface area contributed by atoms with E-state index >= 15 is 0 Å². The largest absolute Gasteiger partial charge is 0.483 e. The molecular weight excluding hydrogens is 316 g/mol. The zero-order chi connectivity index (χ0) is 17.7. The highest BCUT2D eigenvalue weighted by atomic mass is 16.5. The normalized spacial score (nSPS) is 21.8. The quantitative estimate of drug-likeness (QED) is 0.649. The van der Waals surface area contributed by atoms with Gasteiger partial charge in [-0.1, -0.05) is 50.1 Å². The number of hydrogen-bond acceptors (Lipinski definition) is 6. The van der Waals surface area contributed by atoms with Crippen LogP contribution in [0.5, 0.6) is 5.75 Å². The zero-order valence-electron chi connectivity index (χ0n) is 14.6. The van der Waals surface area contributed by atoms with Gasteiger partial charge in [0.2, 0.25) is 5.95 Å². The Hall–Kier alpha value is -2.34. The van der Waals surface area contributed by atoms with Crippen LogP contribution in [0.3, 0.4) is 0 Å². The van der Waals surface area contributed by atoms with Crippen molar-refractivity contribution >= 4 is 11.8 Å². The number of hydrogen-bond donors (Lipinski definition) is 3. The molecule has 2 atom stereocenters. The molecule has 2 unspecified atom stereocenters. The molecule has 1 heterocycles. The Labute approximate surface area is 148 Å². The number of anilines is 2. The van der Waals surface area contributed by atoms with Gasteiger partial charge in [0.15, 0.2) is 11.6 Å². The fourth-order valence-corrected chi connectivity index (χ4v) is 3.18. The van der Waals surface area contributed by atoms with Crippen molar-refractivity contribution in [2.75, 3.05) is 17.7 Å². The number of nitrogens with zero attached hydrogens (tertiary/aromatic N) is 2. The van der Waals surface area contributed by atoms with E-state index < -0.39 is 0 Å². The third-order valence-corrected chi connectivity index (χ3v) is 4.81. The van der Waals surface area contributed by atoms with E-state index in [0.29, 0.717) is 18.2 Å². The van der Waals surface area contributed by atoms with Crippen LogP contribution in [0.2, 0.25) is 0 Å². The van der Waals surface area contributed by atoms with E-state index in [0.717, 1.165) is 31.2 Å². The lowest BCUT2D eigenvalue weighted by atomic mass is 10.1. The van der Waals surface area contributed by atoms with Crippen LogP contribution in [0.4, 0.5) is 11.8 Å². The van der Waals surface area contributed by atoms with Gasteiger partial charge in [0.1, 0.15) is 6.61 Å². The van der Waals surface area contributed by atoms with Gasteiger partial charge in [-0.15, -0.1) is 0 Å². The molecule has 134 valence electrons. The number of aliphatic hydroxyl groups excluding tert-OH is 1. The summed E-state index contributed by atoms with van der Waals surface area (Å²) in [5, 5.41) is 13.1. The number of rotatable bonds is 9. The summed E-state index contributed by atoms with van der Waals surface area (Å²) < 4.78 is 5.92. The number of unbranched alkanes of at least 4 members (excludes halogenated alkanes) is 1. The molecule has 0 saturated heterocycles. The fourth-order valence-electron chi connectivity index (χ4n) is 3.18. The second kappa shape index (κ2) is 7.70. The van der Waals surface area contributed by atoms with Gasteiger partial charge in [-0.25, -0.2) is 4.98 Å². The predicted octanol–water partition coefficient (Wildman–Crippen LogP) is 2.99. The van der Waals surface area contributed by atoms with Crippen molar-refractivity contribution in [1.29, 1.82) is 0 Å². The van der Waals surface area contributed by atoms with E-state index in [1.54, 1.807) is 6.20 Å². The van der Waals surface area contributed by atoms with Crippen molar-refractivity contribution in [2.45, 2.75) is 44.8 Å². The number of ether oxygens (including phenoxy) is 1. The van der Waals surface area contributed by atoms with Gasteiger partial charge in [-0.05, 0) is 18.4 Å². The van der Waals surface area contributed by atoms with Gasteiger partial charge in [0.25, 0.3) is 0 Å². The van der Waals surface area contributed by atoms with Crippen molar-refractivity contribution in [3.05, 3.63) is 42.1 Å². The maximum absolute atomic E-state index is 9.57. The molecular formula is C19H26N4O2. The van der Waals surface area contributed by atoms with Gasteiger partial charge < -0.3 is 20.9 Å². The first-order chi connectivity index (χ1) is 12.2. The smallest absolute Gasteiger partial charge is 0.222 e. The number of aromatic nitrogens is 2. The van der Waals surface area contributed by atoms with Crippen molar-refractivity contribution in [2.24, 2.45) is 5.92 Å². The SMILES string of the molecule is CCCCC1(Nc2nc(N)ncc2OCc2ccccc2)CC1CO. The molecule has 0 spiro atoms. The highest BCUT2D eigenvalue weighted by molar-refractivity contribution is 5.54. The van der Waals surface area contributed by atoms with E-state index in [4.69, 9.17) is 10.5 Å². The minimum atomic E-state index is -0.115. The van der Waals surface area contributed by atoms with Gasteiger partial charge in [0.05, 0.1) is 6.20 Å². The molecule has 6 nitrogen and oxygen atoms in total. The molecule has 0 radical (unpaired) electrons. The molecule has 0 amide bonds. The van der Waals surface area contributed by atoms with Crippen LogP contribution in [0.15, 0.2) is 36.5 Å². The first-order valence-corrected chi connectivity index (χ1v) is 8.85. The average Bonchev–Trinajstić information content (AvgIpc) is 3.33. The average molecular weight is 342 g/mol. The second-order valence-electron chi connectivity index (χ2n) is 6.68. The van der Waals surface area contributed by atoms with Crippen molar-refractivity contribution in [1.82, 2.24) is 9.97 Å². The molecule has 1 saturated carbocycles. The summed E-state index contributed by atoms with van der Waals surface area (Å²) in [6.07, 6.45) is 5.76. The lowest BCUT2D eigenvalue weighted by Gasteiger charge is -2.21. The Morgan fingerprint density at radius 1 is 1.36 bits per heavy atom. The number of nitrogen functional groups attached to an aromatic ring is 1. The molecule has 0 bridgehead atoms. The zero-order valence-corrected chi connectivity index (χ0v) is 14.6. The van der Waals surface area contributed by atoms with Gasteiger partial charge in [-0.3, -0.25) is 0 Å². The van der Waals surface area contributed by atoms with Crippen LogP contribution < -0.4 is 15.8 Å². The summed E-state index contributed by atoms with van der Waals surface area (Å²) in [5.41, 5.74) is 6.73. The summed E-state index contributed by atoms with van der Waals surface area (Å²) in [7, 11) is 0. The summed E-state index contributed by atoms with van der Waals surface area (Å²) in [6.45, 7) is 2.78. The Morgan fingerprint density at radius 3 is 2.84 bits per heavy atom. The molecule has 4 N–H and O–H groups in total. The second-order valence-corrected chi connectivity index (χ2v) is 6.68. The Bertz CT molecular complexity index is 695. The topological polar surface area (TPSA) is 93.3 Å². The van der Waals surface area contributed by atoms with E-state index in [1.165, 1.54) is 0 Å². The van der Waals surface area contributed by atoms with E-state index in [1.807, 2.05) is 30.3 Å². The Morgan fingerprint density at radius 2 is 2.16 bits per heavy atom. The Balaban J connectivity index is 1.74. The van der Waals surface area contributed by atoms with Crippen LogP contribution in [-0.4, -0.2) is 27.2 Å². The molecule has 3 rings (SSSR count). The standard InChI is InChI=1S/C19H26N4O2/c1-2-3-9-19(10-15(19)12-24)23-17-16(11-21-18(20)22-17)25-13-14-7-5-4-6-8-14/h4-8,11,15,24H,2-3,9-10,12-13H2,1H3,(H3,20,21,22,23). The molecule has 1 aliphatic carbocycles. The van der Waals surface area contributed by atoms with E-state index in [2.05, 4.69) is 22.2 Å². The molecule has 1 fully saturated rings. The maximum atomic E-state index is 9.57. The summed E-state index contributed by atoms with van der Waals surface area (Å²) in [4.78, 5) is 8.39. The van der Waals surface area contributed by atoms with Crippen LogP contribution in [-0.2, 0) is 6.61 Å². The minimum absolute atomic E-state index is 0.115. The van der Waals surface area contributed by atoms with Crippen molar-refractivity contribution in [3.63, 3.8) is 0 Å². The number of nitrogens with one attached hydrogen (secondary N) is 1. The third kappa shape index (κ3) is 4.20. The lowest BCUT2D eigenvalue weighted by Crippen LogP contribution is -2.26. The monoisotopic (exact) mass is 342 g/mol. The molecule has 25 heavy (non-hydrogen) atoms. The first-order valence-electron chi connectivity index (χ1n) is 8.85. The van der Waals surface area contributed by atoms with Crippen LogP contribution in [0, 0.1) is 5.92 Å². The van der Waals surface area contributed by atoms with Crippen LogP contribution in [0.1, 0.15) is 38.2 Å². The predicted molar refractivity (Wildman–Crippen MR) is 98.3 cm³/mol. The van der Waals surface area contributed by atoms with Crippen LogP contribution >= 0.6 is 0 Å². The molecule has 1 aromatic carbocycles. The molecule has 1 aliphatic rings.